The number of aromatic nitrogens is 3. The topological polar surface area (TPSA) is 30.7 Å². The molecule has 0 aromatic carbocycles. The van der Waals surface area contributed by atoms with Crippen molar-refractivity contribution in [1.82, 2.24) is 14.5 Å². The molecule has 0 spiro atoms. The molecular formula is C17H24ClN3. The molecule has 0 amide bonds. The SMILES string of the molecule is Cc1cnc2c(c1)nc(CCCl)n2CCC1CCCCC1. The minimum absolute atomic E-state index is 0.617. The van der Waals surface area contributed by atoms with Crippen molar-refractivity contribution in [2.45, 2.75) is 58.4 Å². The summed E-state index contributed by atoms with van der Waals surface area (Å²) in [5.41, 5.74) is 3.20. The lowest BCUT2D eigenvalue weighted by Gasteiger charge is -2.22. The molecule has 21 heavy (non-hydrogen) atoms. The van der Waals surface area contributed by atoms with Crippen molar-refractivity contribution in [3.8, 4) is 0 Å². The van der Waals surface area contributed by atoms with Crippen LogP contribution in [0.1, 0.15) is 49.9 Å². The molecule has 0 N–H and O–H groups in total. The standard InChI is InChI=1S/C17H24ClN3/c1-13-11-15-17(19-12-13)21(16(20-15)7-9-18)10-8-14-5-3-2-4-6-14/h11-12,14H,2-10H2,1H3. The van der Waals surface area contributed by atoms with Gasteiger partial charge in [-0.25, -0.2) is 9.97 Å². The van der Waals surface area contributed by atoms with Gasteiger partial charge in [0.25, 0.3) is 0 Å². The van der Waals surface area contributed by atoms with Gasteiger partial charge in [-0.15, -0.1) is 11.6 Å². The van der Waals surface area contributed by atoms with E-state index in [0.29, 0.717) is 5.88 Å². The van der Waals surface area contributed by atoms with Crippen molar-refractivity contribution in [1.29, 1.82) is 0 Å². The van der Waals surface area contributed by atoms with Crippen LogP contribution in [0.3, 0.4) is 0 Å². The average Bonchev–Trinajstić information content (AvgIpc) is 2.83. The maximum atomic E-state index is 5.94. The van der Waals surface area contributed by atoms with Gasteiger partial charge in [-0.05, 0) is 30.9 Å². The van der Waals surface area contributed by atoms with E-state index >= 15 is 0 Å². The number of fused-ring (bicyclic) bond motifs is 1. The first kappa shape index (κ1) is 14.8. The third kappa shape index (κ3) is 3.39. The summed E-state index contributed by atoms with van der Waals surface area (Å²) < 4.78 is 2.30. The predicted octanol–water partition coefficient (Wildman–Crippen LogP) is 4.49. The summed E-state index contributed by atoms with van der Waals surface area (Å²) in [4.78, 5) is 9.35. The Hall–Kier alpha value is -1.09. The summed E-state index contributed by atoms with van der Waals surface area (Å²) >= 11 is 5.94. The zero-order valence-electron chi connectivity index (χ0n) is 12.8. The lowest BCUT2D eigenvalue weighted by atomic mass is 9.87. The van der Waals surface area contributed by atoms with E-state index in [0.717, 1.165) is 41.4 Å². The second kappa shape index (κ2) is 6.78. The van der Waals surface area contributed by atoms with Gasteiger partial charge in [0.05, 0.1) is 0 Å². The van der Waals surface area contributed by atoms with Crippen molar-refractivity contribution in [2.24, 2.45) is 5.92 Å². The summed E-state index contributed by atoms with van der Waals surface area (Å²) in [7, 11) is 0. The number of alkyl halides is 1. The highest BCUT2D eigenvalue weighted by Gasteiger charge is 2.16. The van der Waals surface area contributed by atoms with Crippen molar-refractivity contribution in [3.05, 3.63) is 23.7 Å². The molecule has 2 aromatic rings. The molecule has 0 bridgehead atoms. The maximum Gasteiger partial charge on any atom is 0.160 e. The number of aryl methyl sites for hydroxylation is 3. The molecule has 0 aliphatic heterocycles. The molecule has 0 saturated heterocycles. The molecular weight excluding hydrogens is 282 g/mol. The van der Waals surface area contributed by atoms with Gasteiger partial charge in [-0.1, -0.05) is 32.1 Å². The molecule has 0 unspecified atom stereocenters. The highest BCUT2D eigenvalue weighted by Crippen LogP contribution is 2.27. The number of nitrogens with zero attached hydrogens (tertiary/aromatic N) is 3. The number of hydrogen-bond acceptors (Lipinski definition) is 2. The van der Waals surface area contributed by atoms with Crippen molar-refractivity contribution in [3.63, 3.8) is 0 Å². The first-order valence-corrected chi connectivity index (χ1v) is 8.69. The number of hydrogen-bond donors (Lipinski definition) is 0. The van der Waals surface area contributed by atoms with Crippen LogP contribution in [0, 0.1) is 12.8 Å². The monoisotopic (exact) mass is 305 g/mol. The lowest BCUT2D eigenvalue weighted by Crippen LogP contribution is -2.12. The molecule has 4 heteroatoms. The van der Waals surface area contributed by atoms with E-state index in [1.165, 1.54) is 38.5 Å². The lowest BCUT2D eigenvalue weighted by molar-refractivity contribution is 0.324. The average molecular weight is 306 g/mol. The number of rotatable bonds is 5. The van der Waals surface area contributed by atoms with E-state index < -0.39 is 0 Å². The molecule has 2 aromatic heterocycles. The van der Waals surface area contributed by atoms with Crippen LogP contribution in [0.4, 0.5) is 0 Å². The Balaban J connectivity index is 1.82. The van der Waals surface area contributed by atoms with E-state index in [2.05, 4.69) is 22.5 Å². The van der Waals surface area contributed by atoms with Gasteiger partial charge in [-0.3, -0.25) is 0 Å². The zero-order valence-corrected chi connectivity index (χ0v) is 13.6. The highest BCUT2D eigenvalue weighted by atomic mass is 35.5. The van der Waals surface area contributed by atoms with Gasteiger partial charge in [0.1, 0.15) is 11.3 Å². The number of imidazole rings is 1. The summed E-state index contributed by atoms with van der Waals surface area (Å²) in [5, 5.41) is 0. The molecule has 114 valence electrons. The Bertz CT molecular complexity index is 599. The van der Waals surface area contributed by atoms with Gasteiger partial charge in [0, 0.05) is 25.0 Å². The van der Waals surface area contributed by atoms with Crippen LogP contribution in [-0.4, -0.2) is 20.4 Å². The summed E-state index contributed by atoms with van der Waals surface area (Å²) in [5.74, 6) is 2.59. The van der Waals surface area contributed by atoms with Crippen LogP contribution in [0.25, 0.3) is 11.2 Å². The third-order valence-corrected chi connectivity index (χ3v) is 4.79. The predicted molar refractivity (Wildman–Crippen MR) is 87.9 cm³/mol. The first-order valence-electron chi connectivity index (χ1n) is 8.15. The molecule has 2 heterocycles. The van der Waals surface area contributed by atoms with E-state index in [9.17, 15) is 0 Å². The Labute approximate surface area is 131 Å². The summed E-state index contributed by atoms with van der Waals surface area (Å²) in [6.45, 7) is 3.10. The second-order valence-electron chi connectivity index (χ2n) is 6.27. The van der Waals surface area contributed by atoms with Crippen molar-refractivity contribution < 1.29 is 0 Å². The zero-order chi connectivity index (χ0) is 14.7. The molecule has 1 saturated carbocycles. The Morgan fingerprint density at radius 2 is 2.10 bits per heavy atom. The Kier molecular flexibility index (Phi) is 4.79. The van der Waals surface area contributed by atoms with Gasteiger partial charge in [-0.2, -0.15) is 0 Å². The van der Waals surface area contributed by atoms with E-state index in [1.54, 1.807) is 0 Å². The Morgan fingerprint density at radius 3 is 2.86 bits per heavy atom. The van der Waals surface area contributed by atoms with Gasteiger partial charge < -0.3 is 4.57 Å². The summed E-state index contributed by atoms with van der Waals surface area (Å²) in [6.07, 6.45) is 11.0. The fraction of sp³-hybridized carbons (Fsp3) is 0.647. The van der Waals surface area contributed by atoms with Crippen LogP contribution in [0.15, 0.2) is 12.3 Å². The van der Waals surface area contributed by atoms with Gasteiger partial charge in [0.2, 0.25) is 0 Å². The molecule has 1 fully saturated rings. The molecule has 1 aliphatic rings. The largest absolute Gasteiger partial charge is 0.313 e. The first-order chi connectivity index (χ1) is 10.3. The Morgan fingerprint density at radius 1 is 1.29 bits per heavy atom. The normalized spacial score (nSPS) is 16.7. The van der Waals surface area contributed by atoms with Crippen molar-refractivity contribution in [2.75, 3.05) is 5.88 Å². The fourth-order valence-corrected chi connectivity index (χ4v) is 3.63. The smallest absolute Gasteiger partial charge is 0.160 e. The number of halogens is 1. The van der Waals surface area contributed by atoms with Crippen LogP contribution in [0.2, 0.25) is 0 Å². The van der Waals surface area contributed by atoms with Crippen LogP contribution >= 0.6 is 11.6 Å². The highest BCUT2D eigenvalue weighted by molar-refractivity contribution is 6.17. The summed E-state index contributed by atoms with van der Waals surface area (Å²) in [6, 6.07) is 2.12. The second-order valence-corrected chi connectivity index (χ2v) is 6.64. The third-order valence-electron chi connectivity index (χ3n) is 4.60. The van der Waals surface area contributed by atoms with Gasteiger partial charge >= 0.3 is 0 Å². The minimum atomic E-state index is 0.617. The number of pyridine rings is 1. The maximum absolute atomic E-state index is 5.94. The molecule has 3 nitrogen and oxygen atoms in total. The fourth-order valence-electron chi connectivity index (χ4n) is 3.46. The minimum Gasteiger partial charge on any atom is -0.313 e. The molecule has 3 rings (SSSR count). The van der Waals surface area contributed by atoms with E-state index in [-0.39, 0.29) is 0 Å². The van der Waals surface area contributed by atoms with E-state index in [1.807, 2.05) is 6.20 Å². The quantitative estimate of drug-likeness (QED) is 0.762. The molecule has 1 aliphatic carbocycles. The molecule has 0 radical (unpaired) electrons. The van der Waals surface area contributed by atoms with E-state index in [4.69, 9.17) is 16.6 Å². The molecule has 0 atom stereocenters. The van der Waals surface area contributed by atoms with Crippen LogP contribution in [-0.2, 0) is 13.0 Å². The van der Waals surface area contributed by atoms with Crippen molar-refractivity contribution >= 4 is 22.8 Å². The van der Waals surface area contributed by atoms with Gasteiger partial charge in [0.15, 0.2) is 5.65 Å². The van der Waals surface area contributed by atoms with Crippen LogP contribution < -0.4 is 0 Å². The van der Waals surface area contributed by atoms with Crippen LogP contribution in [0.5, 0.6) is 0 Å².